The second-order valence-electron chi connectivity index (χ2n) is 11.3. The molecule has 3 aromatic rings. The van der Waals surface area contributed by atoms with Gasteiger partial charge in [0.15, 0.2) is 5.78 Å². The van der Waals surface area contributed by atoms with Gasteiger partial charge in [-0.25, -0.2) is 0 Å². The molecule has 1 N–H and O–H groups in total. The van der Waals surface area contributed by atoms with E-state index < -0.39 is 0 Å². The largest absolute Gasteiger partial charge is 0.511 e. The number of allylic oxidation sites excluding steroid dienone is 2. The fourth-order valence-corrected chi connectivity index (χ4v) is 5.25. The third-order valence-corrected chi connectivity index (χ3v) is 7.54. The minimum Gasteiger partial charge on any atom is -0.511 e. The summed E-state index contributed by atoms with van der Waals surface area (Å²) in [5, 5.41) is 11.5. The zero-order chi connectivity index (χ0) is 24.7. The molecule has 1 aromatic heterocycles. The van der Waals surface area contributed by atoms with Crippen LogP contribution >= 0.6 is 0 Å². The second-order valence-corrected chi connectivity index (χ2v) is 11.3. The number of Topliss-reactive ketones (excluding diaryl/α,β-unsaturated/α-hetero) is 1. The summed E-state index contributed by atoms with van der Waals surface area (Å²) in [6, 6.07) is 19.7. The third-order valence-electron chi connectivity index (χ3n) is 7.54. The summed E-state index contributed by atoms with van der Waals surface area (Å²) in [4.78, 5) is 17.1. The van der Waals surface area contributed by atoms with Gasteiger partial charge in [0.25, 0.3) is 0 Å². The summed E-state index contributed by atoms with van der Waals surface area (Å²) in [5.74, 6) is 0.851. The van der Waals surface area contributed by atoms with Crippen LogP contribution in [0.1, 0.15) is 64.5 Å². The van der Waals surface area contributed by atoms with Gasteiger partial charge in [0.2, 0.25) is 0 Å². The molecular formula is C31H36IrNO2-. The first-order valence-corrected chi connectivity index (χ1v) is 12.3. The predicted molar refractivity (Wildman–Crippen MR) is 140 cm³/mol. The summed E-state index contributed by atoms with van der Waals surface area (Å²) < 4.78 is 0. The van der Waals surface area contributed by atoms with Crippen LogP contribution in [-0.2, 0) is 24.9 Å². The number of aliphatic hydroxyl groups excluding tert-OH is 1. The van der Waals surface area contributed by atoms with E-state index in [4.69, 9.17) is 4.98 Å². The molecule has 35 heavy (non-hydrogen) atoms. The zero-order valence-electron chi connectivity index (χ0n) is 21.7. The standard InChI is InChI=1S/C17H14N.C14H22O2.Ir/c1-12-10-13(2)15-8-9-16(18-17(15)11-12)14-6-4-3-5-7-14;1-13(2)7-5-9-6-8-14(3,4)12(16)10(9)11(13)15;/h3-6,8-11H,1-2H3;9,15H,5-8H2,1-4H3;/q-1;;. The fourth-order valence-electron chi connectivity index (χ4n) is 5.25. The average Bonchev–Trinajstić information content (AvgIpc) is 2.79. The molecule has 1 unspecified atom stereocenters. The molecule has 0 bridgehead atoms. The first-order chi connectivity index (χ1) is 16.0. The Morgan fingerprint density at radius 1 is 0.971 bits per heavy atom. The van der Waals surface area contributed by atoms with E-state index in [1.807, 2.05) is 52.0 Å². The van der Waals surface area contributed by atoms with E-state index in [9.17, 15) is 9.90 Å². The normalized spacial score (nSPS) is 20.4. The summed E-state index contributed by atoms with van der Waals surface area (Å²) in [7, 11) is 0. The average molecular weight is 647 g/mol. The van der Waals surface area contributed by atoms with Crippen molar-refractivity contribution in [1.29, 1.82) is 0 Å². The van der Waals surface area contributed by atoms with Crippen LogP contribution in [0.2, 0.25) is 0 Å². The van der Waals surface area contributed by atoms with Crippen molar-refractivity contribution in [3.63, 3.8) is 0 Å². The number of pyridine rings is 1. The molecule has 1 heterocycles. The third kappa shape index (κ3) is 5.60. The number of hydrogen-bond acceptors (Lipinski definition) is 3. The van der Waals surface area contributed by atoms with Gasteiger partial charge < -0.3 is 5.11 Å². The van der Waals surface area contributed by atoms with Crippen molar-refractivity contribution >= 4 is 16.7 Å². The van der Waals surface area contributed by atoms with Gasteiger partial charge in [-0.1, -0.05) is 45.9 Å². The van der Waals surface area contributed by atoms with Crippen molar-refractivity contribution in [2.75, 3.05) is 0 Å². The molecule has 1 atom stereocenters. The van der Waals surface area contributed by atoms with Crippen molar-refractivity contribution in [3.05, 3.63) is 77.1 Å². The maximum absolute atomic E-state index is 12.4. The molecule has 0 aliphatic heterocycles. The van der Waals surface area contributed by atoms with E-state index in [0.717, 1.165) is 48.0 Å². The molecule has 4 heteroatoms. The number of aliphatic hydroxyl groups is 1. The van der Waals surface area contributed by atoms with Gasteiger partial charge in [-0.3, -0.25) is 9.78 Å². The zero-order valence-corrected chi connectivity index (χ0v) is 24.1. The molecule has 3 nitrogen and oxygen atoms in total. The maximum Gasteiger partial charge on any atom is 0.168 e. The smallest absolute Gasteiger partial charge is 0.168 e. The topological polar surface area (TPSA) is 50.2 Å². The number of aromatic nitrogens is 1. The van der Waals surface area contributed by atoms with E-state index >= 15 is 0 Å². The number of ketones is 1. The number of hydrogen-bond donors (Lipinski definition) is 1. The van der Waals surface area contributed by atoms with Crippen LogP contribution in [0, 0.1) is 36.7 Å². The molecule has 0 saturated heterocycles. The van der Waals surface area contributed by atoms with E-state index in [0.29, 0.717) is 11.7 Å². The van der Waals surface area contributed by atoms with Gasteiger partial charge in [0.1, 0.15) is 5.76 Å². The van der Waals surface area contributed by atoms with Crippen LogP contribution in [0.4, 0.5) is 0 Å². The van der Waals surface area contributed by atoms with Crippen molar-refractivity contribution in [1.82, 2.24) is 4.98 Å². The molecular weight excluding hydrogens is 611 g/mol. The Labute approximate surface area is 223 Å². The summed E-state index contributed by atoms with van der Waals surface area (Å²) in [5.41, 5.74) is 5.85. The Balaban J connectivity index is 0.000000192. The van der Waals surface area contributed by atoms with Gasteiger partial charge in [-0.15, -0.1) is 35.9 Å². The Bertz CT molecular complexity index is 1260. The number of fused-ring (bicyclic) bond motifs is 2. The predicted octanol–water partition coefficient (Wildman–Crippen LogP) is 7.94. The molecule has 2 aromatic carbocycles. The molecule has 0 spiro atoms. The molecule has 2 aliphatic rings. The number of carbonyl (C=O) groups is 1. The minimum atomic E-state index is -0.284. The molecule has 2 aliphatic carbocycles. The molecule has 5 rings (SSSR count). The maximum atomic E-state index is 12.4. The number of aryl methyl sites for hydroxylation is 2. The first-order valence-electron chi connectivity index (χ1n) is 12.3. The van der Waals surface area contributed by atoms with Crippen LogP contribution in [0.5, 0.6) is 0 Å². The van der Waals surface area contributed by atoms with E-state index in [2.05, 4.69) is 44.2 Å². The van der Waals surface area contributed by atoms with E-state index in [1.54, 1.807) is 0 Å². The Morgan fingerprint density at radius 2 is 1.66 bits per heavy atom. The summed E-state index contributed by atoms with van der Waals surface area (Å²) in [6.45, 7) is 12.3. The number of nitrogens with zero attached hydrogens (tertiary/aromatic N) is 1. The minimum absolute atomic E-state index is 0. The number of benzene rings is 2. The molecule has 187 valence electrons. The number of rotatable bonds is 1. The van der Waals surface area contributed by atoms with Crippen molar-refractivity contribution < 1.29 is 30.0 Å². The monoisotopic (exact) mass is 647 g/mol. The Kier molecular flexibility index (Phi) is 8.09. The van der Waals surface area contributed by atoms with E-state index in [1.165, 1.54) is 16.5 Å². The summed E-state index contributed by atoms with van der Waals surface area (Å²) in [6.07, 6.45) is 4.04. The van der Waals surface area contributed by atoms with Gasteiger partial charge in [0.05, 0.1) is 5.52 Å². The Hall–Kier alpha value is -2.29. The molecule has 1 fully saturated rings. The first kappa shape index (κ1) is 27.3. The van der Waals surface area contributed by atoms with Crippen molar-refractivity contribution in [2.24, 2.45) is 16.7 Å². The molecule has 1 saturated carbocycles. The SMILES string of the molecule is CC1(C)CCC2CCC(C)(C)C(O)=C2C1=O.Cc1cc(C)c2ccc(-c3[c-]cccc3)nc2c1.[Ir]. The van der Waals surface area contributed by atoms with Gasteiger partial charge in [0, 0.05) is 41.9 Å². The summed E-state index contributed by atoms with van der Waals surface area (Å²) >= 11 is 0. The Morgan fingerprint density at radius 3 is 2.31 bits per heavy atom. The van der Waals surface area contributed by atoms with Crippen LogP contribution in [-0.4, -0.2) is 15.9 Å². The van der Waals surface area contributed by atoms with Crippen LogP contribution in [0.15, 0.2) is 59.9 Å². The molecule has 1 radical (unpaired) electrons. The van der Waals surface area contributed by atoms with Crippen molar-refractivity contribution in [2.45, 2.75) is 67.2 Å². The second kappa shape index (κ2) is 10.4. The van der Waals surface area contributed by atoms with Gasteiger partial charge in [-0.2, -0.15) is 0 Å². The van der Waals surface area contributed by atoms with E-state index in [-0.39, 0.29) is 36.7 Å². The number of carbonyl (C=O) groups excluding carboxylic acids is 1. The van der Waals surface area contributed by atoms with Gasteiger partial charge >= 0.3 is 0 Å². The van der Waals surface area contributed by atoms with Crippen LogP contribution < -0.4 is 0 Å². The molecule has 0 amide bonds. The van der Waals surface area contributed by atoms with Gasteiger partial charge in [-0.05, 0) is 68.3 Å². The quantitative estimate of drug-likeness (QED) is 0.273. The van der Waals surface area contributed by atoms with Crippen LogP contribution in [0.25, 0.3) is 22.2 Å². The fraction of sp³-hybridized carbons (Fsp3) is 0.419. The van der Waals surface area contributed by atoms with Crippen LogP contribution in [0.3, 0.4) is 0 Å². The van der Waals surface area contributed by atoms with Crippen molar-refractivity contribution in [3.8, 4) is 11.3 Å².